The molecule has 8 heteroatoms. The Balaban J connectivity index is 1.55. The van der Waals surface area contributed by atoms with Crippen molar-refractivity contribution in [3.8, 4) is 6.07 Å². The lowest BCUT2D eigenvalue weighted by Crippen LogP contribution is -2.16. The van der Waals surface area contributed by atoms with E-state index in [1.165, 1.54) is 12.3 Å². The van der Waals surface area contributed by atoms with Crippen LogP contribution in [0.5, 0.6) is 0 Å². The lowest BCUT2D eigenvalue weighted by atomic mass is 10.1. The zero-order valence-electron chi connectivity index (χ0n) is 17.6. The van der Waals surface area contributed by atoms with Crippen molar-refractivity contribution in [3.63, 3.8) is 0 Å². The van der Waals surface area contributed by atoms with Gasteiger partial charge in [0, 0.05) is 35.6 Å². The zero-order chi connectivity index (χ0) is 22.7. The van der Waals surface area contributed by atoms with Crippen molar-refractivity contribution in [1.82, 2.24) is 19.7 Å². The van der Waals surface area contributed by atoms with Gasteiger partial charge < -0.3 is 5.32 Å². The second-order valence-electron chi connectivity index (χ2n) is 7.57. The molecule has 4 aromatic rings. The maximum absolute atomic E-state index is 13.2. The van der Waals surface area contributed by atoms with E-state index < -0.39 is 0 Å². The molecule has 0 bridgehead atoms. The Labute approximate surface area is 184 Å². The van der Waals surface area contributed by atoms with Crippen LogP contribution in [0.25, 0.3) is 10.9 Å². The number of hydrogen-bond donors (Lipinski definition) is 1. The Morgan fingerprint density at radius 3 is 2.62 bits per heavy atom. The van der Waals surface area contributed by atoms with Crippen LogP contribution in [0.15, 0.2) is 61.1 Å². The molecule has 0 aliphatic carbocycles. The van der Waals surface area contributed by atoms with Crippen LogP contribution in [0.4, 0.5) is 5.82 Å². The number of anilines is 1. The number of nitriles is 1. The third kappa shape index (κ3) is 4.23. The van der Waals surface area contributed by atoms with Crippen molar-refractivity contribution in [2.75, 3.05) is 5.32 Å². The van der Waals surface area contributed by atoms with Gasteiger partial charge in [-0.05, 0) is 49.7 Å². The molecule has 3 aromatic heterocycles. The number of hydrogen-bond acceptors (Lipinski definition) is 6. The number of carbonyl (C=O) groups excluding carboxylic acids is 2. The second kappa shape index (κ2) is 8.78. The van der Waals surface area contributed by atoms with E-state index >= 15 is 0 Å². The van der Waals surface area contributed by atoms with Crippen molar-refractivity contribution >= 4 is 28.4 Å². The minimum Gasteiger partial charge on any atom is -0.310 e. The highest BCUT2D eigenvalue weighted by molar-refractivity contribution is 6.15. The molecule has 1 amide bonds. The molecule has 8 nitrogen and oxygen atoms in total. The first kappa shape index (κ1) is 20.9. The van der Waals surface area contributed by atoms with Crippen molar-refractivity contribution in [2.24, 2.45) is 0 Å². The number of nitrogens with zero attached hydrogens (tertiary/aromatic N) is 5. The number of fused-ring (bicyclic) bond motifs is 1. The molecule has 3 heterocycles. The van der Waals surface area contributed by atoms with E-state index in [2.05, 4.69) is 20.4 Å². The zero-order valence-corrected chi connectivity index (χ0v) is 17.6. The Kier molecular flexibility index (Phi) is 5.73. The van der Waals surface area contributed by atoms with Gasteiger partial charge in [-0.2, -0.15) is 10.4 Å². The molecule has 0 saturated carbocycles. The molecule has 0 fully saturated rings. The lowest BCUT2D eigenvalue weighted by molar-refractivity contribution is -0.115. The molecular weight excluding hydrogens is 404 g/mol. The fourth-order valence-corrected chi connectivity index (χ4v) is 3.39. The maximum atomic E-state index is 13.2. The van der Waals surface area contributed by atoms with Crippen molar-refractivity contribution in [3.05, 3.63) is 83.4 Å². The fourth-order valence-electron chi connectivity index (χ4n) is 3.39. The van der Waals surface area contributed by atoms with Gasteiger partial charge in [0.2, 0.25) is 11.7 Å². The predicted molar refractivity (Wildman–Crippen MR) is 119 cm³/mol. The van der Waals surface area contributed by atoms with Gasteiger partial charge in [0.1, 0.15) is 11.5 Å². The van der Waals surface area contributed by atoms with Gasteiger partial charge in [0.15, 0.2) is 0 Å². The predicted octanol–water partition coefficient (Wildman–Crippen LogP) is 3.69. The molecule has 4 rings (SSSR count). The summed E-state index contributed by atoms with van der Waals surface area (Å²) in [6, 6.07) is 13.9. The molecule has 0 aliphatic heterocycles. The number of pyridine rings is 2. The van der Waals surface area contributed by atoms with E-state index in [4.69, 9.17) is 5.26 Å². The maximum Gasteiger partial charge on any atom is 0.229 e. The van der Waals surface area contributed by atoms with Gasteiger partial charge in [0.05, 0.1) is 23.6 Å². The topological polar surface area (TPSA) is 114 Å². The summed E-state index contributed by atoms with van der Waals surface area (Å²) in [6.45, 7) is 3.99. The van der Waals surface area contributed by atoms with Gasteiger partial charge in [-0.1, -0.05) is 12.1 Å². The van der Waals surface area contributed by atoms with Gasteiger partial charge in [-0.15, -0.1) is 0 Å². The van der Waals surface area contributed by atoms with Gasteiger partial charge in [0.25, 0.3) is 0 Å². The normalized spacial score (nSPS) is 10.8. The summed E-state index contributed by atoms with van der Waals surface area (Å²) in [5.41, 5.74) is 2.82. The third-order valence-electron chi connectivity index (χ3n) is 4.95. The highest BCUT2D eigenvalue weighted by atomic mass is 16.1. The fraction of sp³-hybridized carbons (Fsp3) is 0.167. The molecule has 0 aliphatic rings. The van der Waals surface area contributed by atoms with Gasteiger partial charge >= 0.3 is 0 Å². The molecule has 0 radical (unpaired) electrons. The second-order valence-corrected chi connectivity index (χ2v) is 7.57. The largest absolute Gasteiger partial charge is 0.310 e. The van der Waals surface area contributed by atoms with E-state index in [-0.39, 0.29) is 30.0 Å². The summed E-state index contributed by atoms with van der Waals surface area (Å²) in [5, 5.41) is 16.8. The number of nitrogens with one attached hydrogen (secondary N) is 1. The van der Waals surface area contributed by atoms with Crippen LogP contribution in [-0.4, -0.2) is 31.4 Å². The highest BCUT2D eigenvalue weighted by Crippen LogP contribution is 2.23. The average molecular weight is 424 g/mol. The summed E-state index contributed by atoms with van der Waals surface area (Å²) in [7, 11) is 0. The summed E-state index contributed by atoms with van der Waals surface area (Å²) in [4.78, 5) is 33.9. The smallest absolute Gasteiger partial charge is 0.229 e. The number of rotatable bonds is 6. The SMILES string of the molecule is CC(C)n1nc(C(=O)c2ccnc(NC(=O)Cc3ccc(C#N)cc3)c2)c2cnccc21. The number of ketones is 1. The molecule has 0 saturated heterocycles. The number of benzene rings is 1. The summed E-state index contributed by atoms with van der Waals surface area (Å²) < 4.78 is 1.80. The van der Waals surface area contributed by atoms with E-state index in [1.807, 2.05) is 26.0 Å². The molecule has 0 spiro atoms. The van der Waals surface area contributed by atoms with E-state index in [0.29, 0.717) is 22.2 Å². The highest BCUT2D eigenvalue weighted by Gasteiger charge is 2.20. The summed E-state index contributed by atoms with van der Waals surface area (Å²) in [5.74, 6) is -0.266. The Bertz CT molecular complexity index is 1350. The molecule has 0 unspecified atom stereocenters. The summed E-state index contributed by atoms with van der Waals surface area (Å²) in [6.07, 6.45) is 4.91. The summed E-state index contributed by atoms with van der Waals surface area (Å²) >= 11 is 0. The van der Waals surface area contributed by atoms with E-state index in [9.17, 15) is 9.59 Å². The van der Waals surface area contributed by atoms with Crippen LogP contribution in [0.3, 0.4) is 0 Å². The van der Waals surface area contributed by atoms with Crippen LogP contribution in [0.1, 0.15) is 47.1 Å². The van der Waals surface area contributed by atoms with Gasteiger partial charge in [-0.3, -0.25) is 19.3 Å². The standard InChI is InChI=1S/C24H20N6O2/c1-15(2)30-20-8-9-26-14-19(20)23(29-30)24(32)18-7-10-27-21(12-18)28-22(31)11-16-3-5-17(13-25)6-4-16/h3-10,12,14-15H,11H2,1-2H3,(H,27,28,31). The van der Waals surface area contributed by atoms with Crippen LogP contribution in [0.2, 0.25) is 0 Å². The third-order valence-corrected chi connectivity index (χ3v) is 4.95. The molecule has 0 atom stereocenters. The Morgan fingerprint density at radius 1 is 1.12 bits per heavy atom. The first-order valence-electron chi connectivity index (χ1n) is 10.1. The van der Waals surface area contributed by atoms with Gasteiger partial charge in [-0.25, -0.2) is 4.98 Å². The average Bonchev–Trinajstić information content (AvgIpc) is 3.19. The van der Waals surface area contributed by atoms with E-state index in [1.54, 1.807) is 47.4 Å². The minimum atomic E-state index is -0.273. The van der Waals surface area contributed by atoms with Crippen molar-refractivity contribution in [2.45, 2.75) is 26.3 Å². The van der Waals surface area contributed by atoms with Crippen LogP contribution in [-0.2, 0) is 11.2 Å². The molecule has 32 heavy (non-hydrogen) atoms. The van der Waals surface area contributed by atoms with Crippen LogP contribution in [0, 0.1) is 11.3 Å². The molecule has 1 aromatic carbocycles. The monoisotopic (exact) mass is 424 g/mol. The quantitative estimate of drug-likeness (QED) is 0.472. The van der Waals surface area contributed by atoms with Crippen LogP contribution >= 0.6 is 0 Å². The molecule has 158 valence electrons. The Hall–Kier alpha value is -4.38. The van der Waals surface area contributed by atoms with Crippen molar-refractivity contribution < 1.29 is 9.59 Å². The Morgan fingerprint density at radius 2 is 1.91 bits per heavy atom. The number of amides is 1. The van der Waals surface area contributed by atoms with Crippen LogP contribution < -0.4 is 5.32 Å². The van der Waals surface area contributed by atoms with Crippen molar-refractivity contribution in [1.29, 1.82) is 5.26 Å². The number of carbonyl (C=O) groups is 2. The molecule has 1 N–H and O–H groups in total. The first-order valence-corrected chi connectivity index (χ1v) is 10.1. The van der Waals surface area contributed by atoms with E-state index in [0.717, 1.165) is 11.1 Å². The molecular formula is C24H20N6O2. The lowest BCUT2D eigenvalue weighted by Gasteiger charge is -2.07. The number of aromatic nitrogens is 4. The minimum absolute atomic E-state index is 0.0796. The first-order chi connectivity index (χ1) is 15.5.